The second-order valence-electron chi connectivity index (χ2n) is 4.52. The van der Waals surface area contributed by atoms with Crippen molar-refractivity contribution in [1.82, 2.24) is 4.72 Å². The molecule has 0 fully saturated rings. The van der Waals surface area contributed by atoms with Gasteiger partial charge in [0.2, 0.25) is 10.0 Å². The van der Waals surface area contributed by atoms with E-state index in [4.69, 9.17) is 28.9 Å². The first-order valence-electron chi connectivity index (χ1n) is 5.95. The van der Waals surface area contributed by atoms with Crippen molar-refractivity contribution in [3.05, 3.63) is 27.7 Å². The minimum Gasteiger partial charge on any atom is -0.320 e. The quantitative estimate of drug-likeness (QED) is 0.829. The lowest BCUT2D eigenvalue weighted by Gasteiger charge is -2.12. The van der Waals surface area contributed by atoms with Crippen molar-refractivity contribution in [3.8, 4) is 11.8 Å². The lowest BCUT2D eigenvalue weighted by molar-refractivity contribution is 0.560. The molecular weight excluding hydrogens is 319 g/mol. The molecule has 1 aromatic carbocycles. The van der Waals surface area contributed by atoms with Gasteiger partial charge in [-0.15, -0.1) is 0 Å². The molecule has 0 spiro atoms. The zero-order valence-electron chi connectivity index (χ0n) is 11.2. The molecule has 0 aromatic heterocycles. The van der Waals surface area contributed by atoms with E-state index in [1.807, 2.05) is 13.8 Å². The number of benzene rings is 1. The van der Waals surface area contributed by atoms with Gasteiger partial charge in [-0.05, 0) is 18.1 Å². The summed E-state index contributed by atoms with van der Waals surface area (Å²) in [4.78, 5) is -0.125. The fourth-order valence-corrected chi connectivity index (χ4v) is 3.82. The molecule has 0 radical (unpaired) electrons. The molecule has 3 N–H and O–H groups in total. The summed E-state index contributed by atoms with van der Waals surface area (Å²) in [5.41, 5.74) is 5.80. The predicted octanol–water partition coefficient (Wildman–Crippen LogP) is 2.24. The van der Waals surface area contributed by atoms with Crippen LogP contribution < -0.4 is 10.5 Å². The third kappa shape index (κ3) is 4.65. The van der Waals surface area contributed by atoms with Gasteiger partial charge in [-0.2, -0.15) is 0 Å². The van der Waals surface area contributed by atoms with E-state index in [-0.39, 0.29) is 27.4 Å². The van der Waals surface area contributed by atoms with Gasteiger partial charge >= 0.3 is 0 Å². The maximum Gasteiger partial charge on any atom is 0.243 e. The zero-order chi connectivity index (χ0) is 15.3. The van der Waals surface area contributed by atoms with Gasteiger partial charge in [-0.1, -0.05) is 48.9 Å². The van der Waals surface area contributed by atoms with Gasteiger partial charge < -0.3 is 5.73 Å². The van der Waals surface area contributed by atoms with Crippen molar-refractivity contribution in [3.63, 3.8) is 0 Å². The lowest BCUT2D eigenvalue weighted by atomic mass is 10.2. The van der Waals surface area contributed by atoms with Crippen LogP contribution in [0, 0.1) is 17.8 Å². The van der Waals surface area contributed by atoms with Gasteiger partial charge in [0.05, 0.1) is 16.6 Å². The molecule has 0 saturated heterocycles. The van der Waals surface area contributed by atoms with E-state index in [0.717, 1.165) is 0 Å². The topological polar surface area (TPSA) is 72.2 Å². The summed E-state index contributed by atoms with van der Waals surface area (Å²) in [6.45, 7) is 4.31. The van der Waals surface area contributed by atoms with Crippen LogP contribution in [-0.2, 0) is 10.0 Å². The minimum absolute atomic E-state index is 0.0371. The Hall–Kier alpha value is -0.770. The van der Waals surface area contributed by atoms with E-state index < -0.39 is 10.0 Å². The Morgan fingerprint density at radius 2 is 1.85 bits per heavy atom. The highest BCUT2D eigenvalue weighted by molar-refractivity contribution is 7.89. The molecule has 0 bridgehead atoms. The van der Waals surface area contributed by atoms with Gasteiger partial charge in [-0.25, -0.2) is 13.1 Å². The van der Waals surface area contributed by atoms with Gasteiger partial charge in [0.1, 0.15) is 4.90 Å². The van der Waals surface area contributed by atoms with Crippen molar-refractivity contribution < 1.29 is 8.42 Å². The molecule has 0 aliphatic heterocycles. The molecule has 0 saturated carbocycles. The number of hydrogen-bond acceptors (Lipinski definition) is 3. The van der Waals surface area contributed by atoms with Crippen LogP contribution >= 0.6 is 23.2 Å². The molecule has 0 aliphatic carbocycles. The molecule has 110 valence electrons. The summed E-state index contributed by atoms with van der Waals surface area (Å²) in [5.74, 6) is 5.59. The highest BCUT2D eigenvalue weighted by atomic mass is 35.5. The summed E-state index contributed by atoms with van der Waals surface area (Å²) in [7, 11) is -3.74. The summed E-state index contributed by atoms with van der Waals surface area (Å²) in [6.07, 6.45) is 0. The number of nitrogens with one attached hydrogen (secondary N) is 1. The first-order valence-corrected chi connectivity index (χ1v) is 8.19. The van der Waals surface area contributed by atoms with Crippen LogP contribution in [0.15, 0.2) is 17.0 Å². The maximum absolute atomic E-state index is 12.2. The van der Waals surface area contributed by atoms with E-state index in [0.29, 0.717) is 12.1 Å². The van der Waals surface area contributed by atoms with Crippen LogP contribution in [0.3, 0.4) is 0 Å². The molecule has 1 aromatic rings. The van der Waals surface area contributed by atoms with E-state index in [1.165, 1.54) is 12.1 Å². The Morgan fingerprint density at radius 3 is 2.30 bits per heavy atom. The van der Waals surface area contributed by atoms with Crippen LogP contribution in [0.4, 0.5) is 0 Å². The van der Waals surface area contributed by atoms with Crippen LogP contribution in [-0.4, -0.2) is 21.5 Å². The average Bonchev–Trinajstić information content (AvgIpc) is 2.33. The SMILES string of the molecule is CC(C)CNS(=O)(=O)c1c(Cl)cc(C#CCN)cc1Cl. The fraction of sp³-hybridized carbons (Fsp3) is 0.385. The summed E-state index contributed by atoms with van der Waals surface area (Å²) in [6, 6.07) is 2.92. The Labute approximate surface area is 129 Å². The smallest absolute Gasteiger partial charge is 0.243 e. The number of nitrogens with two attached hydrogens (primary N) is 1. The second kappa shape index (κ2) is 7.30. The molecule has 0 aliphatic rings. The fourth-order valence-electron chi connectivity index (χ4n) is 1.39. The molecule has 0 amide bonds. The van der Waals surface area contributed by atoms with Gasteiger partial charge in [0, 0.05) is 12.1 Å². The highest BCUT2D eigenvalue weighted by Gasteiger charge is 2.22. The van der Waals surface area contributed by atoms with E-state index in [1.54, 1.807) is 0 Å². The van der Waals surface area contributed by atoms with Crippen LogP contribution in [0.2, 0.25) is 10.0 Å². The van der Waals surface area contributed by atoms with Crippen LogP contribution in [0.25, 0.3) is 0 Å². The third-order valence-corrected chi connectivity index (χ3v) is 4.63. The van der Waals surface area contributed by atoms with Gasteiger partial charge in [-0.3, -0.25) is 0 Å². The molecule has 7 heteroatoms. The third-order valence-electron chi connectivity index (χ3n) is 2.28. The number of rotatable bonds is 4. The summed E-state index contributed by atoms with van der Waals surface area (Å²) < 4.78 is 26.8. The van der Waals surface area contributed by atoms with E-state index in [2.05, 4.69) is 16.6 Å². The first-order chi connectivity index (χ1) is 9.27. The van der Waals surface area contributed by atoms with Gasteiger partial charge in [0.15, 0.2) is 0 Å². The average molecular weight is 335 g/mol. The summed E-state index contributed by atoms with van der Waals surface area (Å²) in [5, 5.41) is 0.0742. The Kier molecular flexibility index (Phi) is 6.31. The van der Waals surface area contributed by atoms with Gasteiger partial charge in [0.25, 0.3) is 0 Å². The van der Waals surface area contributed by atoms with Crippen molar-refractivity contribution in [2.75, 3.05) is 13.1 Å². The van der Waals surface area contributed by atoms with E-state index >= 15 is 0 Å². The zero-order valence-corrected chi connectivity index (χ0v) is 13.5. The van der Waals surface area contributed by atoms with Crippen molar-refractivity contribution in [2.45, 2.75) is 18.7 Å². The molecule has 1 rings (SSSR count). The Bertz CT molecular complexity index is 623. The van der Waals surface area contributed by atoms with E-state index in [9.17, 15) is 8.42 Å². The first kappa shape index (κ1) is 17.3. The van der Waals surface area contributed by atoms with Crippen molar-refractivity contribution in [2.24, 2.45) is 11.7 Å². The molecule has 0 unspecified atom stereocenters. The van der Waals surface area contributed by atoms with Crippen LogP contribution in [0.5, 0.6) is 0 Å². The number of sulfonamides is 1. The number of halogens is 2. The molecule has 4 nitrogen and oxygen atoms in total. The predicted molar refractivity (Wildman–Crippen MR) is 82.4 cm³/mol. The maximum atomic E-state index is 12.2. The monoisotopic (exact) mass is 334 g/mol. The second-order valence-corrected chi connectivity index (χ2v) is 7.04. The standard InChI is InChI=1S/C13H16Cl2N2O2S/c1-9(2)8-17-20(18,19)13-11(14)6-10(4-3-5-16)7-12(13)15/h6-7,9,17H,5,8,16H2,1-2H3. The molecule has 20 heavy (non-hydrogen) atoms. The molecule has 0 atom stereocenters. The normalized spacial score (nSPS) is 11.3. The minimum atomic E-state index is -3.74. The summed E-state index contributed by atoms with van der Waals surface area (Å²) >= 11 is 12.0. The lowest BCUT2D eigenvalue weighted by Crippen LogP contribution is -2.28. The van der Waals surface area contributed by atoms with Crippen molar-refractivity contribution >= 4 is 33.2 Å². The molecule has 0 heterocycles. The molecular formula is C13H16Cl2N2O2S. The highest BCUT2D eigenvalue weighted by Crippen LogP contribution is 2.30. The Balaban J connectivity index is 3.20. The van der Waals surface area contributed by atoms with Crippen molar-refractivity contribution in [1.29, 1.82) is 0 Å². The number of hydrogen-bond donors (Lipinski definition) is 2. The Morgan fingerprint density at radius 1 is 1.30 bits per heavy atom. The largest absolute Gasteiger partial charge is 0.320 e. The van der Waals surface area contributed by atoms with Crippen LogP contribution in [0.1, 0.15) is 19.4 Å².